The van der Waals surface area contributed by atoms with Crippen molar-refractivity contribution in [2.75, 3.05) is 26.2 Å². The Morgan fingerprint density at radius 1 is 1.13 bits per heavy atom. The third-order valence-corrected chi connectivity index (χ3v) is 4.81. The molecule has 1 aliphatic heterocycles. The lowest BCUT2D eigenvalue weighted by Gasteiger charge is -2.35. The van der Waals surface area contributed by atoms with E-state index in [1.54, 1.807) is 23.6 Å². The molecule has 2 amide bonds. The number of rotatable bonds is 3. The van der Waals surface area contributed by atoms with Gasteiger partial charge in [0.05, 0.1) is 10.7 Å². The molecule has 1 aromatic heterocycles. The molecule has 7 nitrogen and oxygen atoms in total. The normalized spacial score (nSPS) is 16.2. The Bertz CT molecular complexity index is 620. The van der Waals surface area contributed by atoms with Gasteiger partial charge in [-0.2, -0.15) is 0 Å². The molecule has 1 aromatic rings. The molecule has 0 radical (unpaired) electrons. The second kappa shape index (κ2) is 7.08. The molecule has 1 atom stereocenters. The van der Waals surface area contributed by atoms with Gasteiger partial charge >= 0.3 is 5.97 Å². The largest absolute Gasteiger partial charge is 0.448 e. The first-order chi connectivity index (χ1) is 10.8. The molecule has 0 aliphatic carbocycles. The lowest BCUT2D eigenvalue weighted by molar-refractivity contribution is -0.144. The van der Waals surface area contributed by atoms with E-state index >= 15 is 0 Å². The van der Waals surface area contributed by atoms with Gasteiger partial charge in [0.1, 0.15) is 4.88 Å². The molecule has 0 unspecified atom stereocenters. The predicted octanol–water partition coefficient (Wildman–Crippen LogP) is 0.996. The topological polar surface area (TPSA) is 79.8 Å². The van der Waals surface area contributed by atoms with Gasteiger partial charge in [0.25, 0.3) is 5.91 Å². The van der Waals surface area contributed by atoms with Crippen molar-refractivity contribution in [2.24, 2.45) is 0 Å². The average Bonchev–Trinajstić information content (AvgIpc) is 2.85. The molecule has 126 valence electrons. The first-order valence-corrected chi connectivity index (χ1v) is 8.30. The Balaban J connectivity index is 1.92. The molecule has 1 fully saturated rings. The molecule has 1 aliphatic rings. The number of hydrogen-bond acceptors (Lipinski definition) is 6. The van der Waals surface area contributed by atoms with Crippen LogP contribution in [0.25, 0.3) is 0 Å². The summed E-state index contributed by atoms with van der Waals surface area (Å²) in [4.78, 5) is 43.7. The summed E-state index contributed by atoms with van der Waals surface area (Å²) >= 11 is 1.26. The van der Waals surface area contributed by atoms with E-state index in [1.165, 1.54) is 18.3 Å². The van der Waals surface area contributed by atoms with E-state index in [2.05, 4.69) is 4.98 Å². The van der Waals surface area contributed by atoms with E-state index in [4.69, 9.17) is 4.74 Å². The Morgan fingerprint density at radius 2 is 1.70 bits per heavy atom. The molecular formula is C15H21N3O4S. The van der Waals surface area contributed by atoms with Gasteiger partial charge in [-0.05, 0) is 20.8 Å². The van der Waals surface area contributed by atoms with Gasteiger partial charge < -0.3 is 14.5 Å². The van der Waals surface area contributed by atoms with Crippen LogP contribution in [0.2, 0.25) is 0 Å². The molecule has 0 aromatic carbocycles. The van der Waals surface area contributed by atoms with Crippen molar-refractivity contribution in [3.63, 3.8) is 0 Å². The van der Waals surface area contributed by atoms with Crippen molar-refractivity contribution in [3.8, 4) is 0 Å². The van der Waals surface area contributed by atoms with Crippen LogP contribution in [-0.4, -0.2) is 64.9 Å². The van der Waals surface area contributed by atoms with Gasteiger partial charge in [-0.3, -0.25) is 9.59 Å². The van der Waals surface area contributed by atoms with Crippen molar-refractivity contribution in [1.82, 2.24) is 14.8 Å². The van der Waals surface area contributed by atoms with Gasteiger partial charge in [-0.1, -0.05) is 0 Å². The molecule has 0 bridgehead atoms. The number of esters is 1. The maximum absolute atomic E-state index is 12.4. The second-order valence-corrected chi connectivity index (χ2v) is 6.73. The van der Waals surface area contributed by atoms with Crippen LogP contribution in [0.1, 0.15) is 34.2 Å². The van der Waals surface area contributed by atoms with Crippen LogP contribution in [0.4, 0.5) is 0 Å². The van der Waals surface area contributed by atoms with Gasteiger partial charge in [-0.15, -0.1) is 11.3 Å². The SMILES string of the molecule is CC(=O)N1CCN(C(=O)[C@@H](C)OC(=O)c2sc(C)nc2C)CC1. The quantitative estimate of drug-likeness (QED) is 0.768. The van der Waals surface area contributed by atoms with E-state index in [-0.39, 0.29) is 11.8 Å². The number of carbonyl (C=O) groups excluding carboxylic acids is 3. The van der Waals surface area contributed by atoms with E-state index in [0.29, 0.717) is 36.8 Å². The van der Waals surface area contributed by atoms with Gasteiger partial charge in [0.2, 0.25) is 5.91 Å². The number of piperazine rings is 1. The van der Waals surface area contributed by atoms with E-state index < -0.39 is 12.1 Å². The first kappa shape index (κ1) is 17.4. The number of ether oxygens (including phenoxy) is 1. The van der Waals surface area contributed by atoms with Crippen LogP contribution in [0.15, 0.2) is 0 Å². The van der Waals surface area contributed by atoms with Crippen LogP contribution < -0.4 is 0 Å². The molecule has 2 heterocycles. The number of aromatic nitrogens is 1. The lowest BCUT2D eigenvalue weighted by Crippen LogP contribution is -2.52. The fourth-order valence-corrected chi connectivity index (χ4v) is 3.29. The summed E-state index contributed by atoms with van der Waals surface area (Å²) in [5, 5.41) is 0.786. The van der Waals surface area contributed by atoms with Crippen molar-refractivity contribution in [2.45, 2.75) is 33.8 Å². The summed E-state index contributed by atoms with van der Waals surface area (Å²) in [6.45, 7) is 8.58. The zero-order chi connectivity index (χ0) is 17.1. The highest BCUT2D eigenvalue weighted by molar-refractivity contribution is 7.13. The third-order valence-electron chi connectivity index (χ3n) is 3.76. The molecule has 0 saturated carbocycles. The maximum atomic E-state index is 12.4. The monoisotopic (exact) mass is 339 g/mol. The summed E-state index contributed by atoms with van der Waals surface area (Å²) in [5.74, 6) is -0.746. The standard InChI is InChI=1S/C15H21N3O4S/c1-9-13(23-11(3)16-9)15(21)22-10(2)14(20)18-7-5-17(6-8-18)12(4)19/h10H,5-8H2,1-4H3/t10-/m1/s1. The number of hydrogen-bond donors (Lipinski definition) is 0. The van der Waals surface area contributed by atoms with Gasteiger partial charge in [0.15, 0.2) is 6.10 Å². The molecule has 8 heteroatoms. The van der Waals surface area contributed by atoms with Gasteiger partial charge in [-0.25, -0.2) is 9.78 Å². The number of nitrogens with zero attached hydrogens (tertiary/aromatic N) is 3. The predicted molar refractivity (Wildman–Crippen MR) is 85.3 cm³/mol. The summed E-state index contributed by atoms with van der Waals surface area (Å²) in [6.07, 6.45) is -0.854. The fraction of sp³-hybridized carbons (Fsp3) is 0.600. The summed E-state index contributed by atoms with van der Waals surface area (Å²) in [6, 6.07) is 0. The zero-order valence-electron chi connectivity index (χ0n) is 13.8. The molecule has 0 N–H and O–H groups in total. The summed E-state index contributed by atoms with van der Waals surface area (Å²) in [5.41, 5.74) is 0.618. The Hall–Kier alpha value is -1.96. The molecule has 23 heavy (non-hydrogen) atoms. The Labute approximate surface area is 139 Å². The van der Waals surface area contributed by atoms with E-state index in [1.807, 2.05) is 6.92 Å². The van der Waals surface area contributed by atoms with Crippen molar-refractivity contribution >= 4 is 29.1 Å². The van der Waals surface area contributed by atoms with E-state index in [0.717, 1.165) is 5.01 Å². The van der Waals surface area contributed by atoms with Crippen molar-refractivity contribution < 1.29 is 19.1 Å². The fourth-order valence-electron chi connectivity index (χ4n) is 2.48. The van der Waals surface area contributed by atoms with Crippen molar-refractivity contribution in [1.29, 1.82) is 0 Å². The Kier molecular flexibility index (Phi) is 5.35. The first-order valence-electron chi connectivity index (χ1n) is 7.49. The van der Waals surface area contributed by atoms with Crippen LogP contribution in [0.3, 0.4) is 0 Å². The summed E-state index contributed by atoms with van der Waals surface area (Å²) < 4.78 is 5.28. The number of amides is 2. The van der Waals surface area contributed by atoms with E-state index in [9.17, 15) is 14.4 Å². The molecule has 0 spiro atoms. The summed E-state index contributed by atoms with van der Waals surface area (Å²) in [7, 11) is 0. The highest BCUT2D eigenvalue weighted by Gasteiger charge is 2.29. The minimum absolute atomic E-state index is 0.00705. The molecular weight excluding hydrogens is 318 g/mol. The van der Waals surface area contributed by atoms with Crippen LogP contribution >= 0.6 is 11.3 Å². The minimum atomic E-state index is -0.854. The second-order valence-electron chi connectivity index (χ2n) is 5.53. The van der Waals surface area contributed by atoms with Gasteiger partial charge in [0, 0.05) is 33.1 Å². The lowest BCUT2D eigenvalue weighted by atomic mass is 10.2. The highest BCUT2D eigenvalue weighted by Crippen LogP contribution is 2.19. The minimum Gasteiger partial charge on any atom is -0.448 e. The zero-order valence-corrected chi connectivity index (χ0v) is 14.6. The average molecular weight is 339 g/mol. The maximum Gasteiger partial charge on any atom is 0.351 e. The molecule has 2 rings (SSSR count). The number of thiazole rings is 1. The van der Waals surface area contributed by atoms with Crippen LogP contribution in [0, 0.1) is 13.8 Å². The van der Waals surface area contributed by atoms with Crippen LogP contribution in [0.5, 0.6) is 0 Å². The highest BCUT2D eigenvalue weighted by atomic mass is 32.1. The smallest absolute Gasteiger partial charge is 0.351 e. The molecule has 1 saturated heterocycles. The third kappa shape index (κ3) is 4.07. The Morgan fingerprint density at radius 3 is 2.17 bits per heavy atom. The van der Waals surface area contributed by atoms with Crippen molar-refractivity contribution in [3.05, 3.63) is 15.6 Å². The number of aryl methyl sites for hydroxylation is 2. The number of carbonyl (C=O) groups is 3. The van der Waals surface area contributed by atoms with Crippen LogP contribution in [-0.2, 0) is 14.3 Å².